The second-order valence-electron chi connectivity index (χ2n) is 4.08. The quantitative estimate of drug-likeness (QED) is 0.242. The highest BCUT2D eigenvalue weighted by Crippen LogP contribution is 1.88. The lowest BCUT2D eigenvalue weighted by Crippen LogP contribution is -2.56. The largest absolute Gasteiger partial charge is 0.329 e. The summed E-state index contributed by atoms with van der Waals surface area (Å²) in [6.45, 7) is 9.93. The van der Waals surface area contributed by atoms with Crippen molar-refractivity contribution in [2.24, 2.45) is 5.73 Å². The normalized spacial score (nSPS) is 19.9. The summed E-state index contributed by atoms with van der Waals surface area (Å²) < 4.78 is 0. The van der Waals surface area contributed by atoms with Crippen molar-refractivity contribution in [3.63, 3.8) is 0 Å². The Labute approximate surface area is 98.3 Å². The maximum Gasteiger partial charge on any atom is 0.0678 e. The van der Waals surface area contributed by atoms with Crippen LogP contribution in [-0.4, -0.2) is 63.5 Å². The highest BCUT2D eigenvalue weighted by atomic mass is 15.5. The summed E-state index contributed by atoms with van der Waals surface area (Å²) in [7, 11) is 0. The standard InChI is InChI=1S/C10H26N6/c1-10(14-5-4-12-3-2-11)15-16-8-6-13-7-9-16/h10,12-15H,2-9,11H2,1H3. The first-order chi connectivity index (χ1) is 7.83. The third kappa shape index (κ3) is 6.37. The van der Waals surface area contributed by atoms with Crippen LogP contribution in [0.15, 0.2) is 0 Å². The molecule has 0 aromatic carbocycles. The van der Waals surface area contributed by atoms with Crippen molar-refractivity contribution < 1.29 is 0 Å². The molecule has 1 unspecified atom stereocenters. The van der Waals surface area contributed by atoms with Crippen LogP contribution in [0.5, 0.6) is 0 Å². The SMILES string of the molecule is CC(NCCNCCN)NN1CCNCC1. The van der Waals surface area contributed by atoms with Gasteiger partial charge in [0.05, 0.1) is 6.17 Å². The van der Waals surface area contributed by atoms with E-state index >= 15 is 0 Å². The molecule has 16 heavy (non-hydrogen) atoms. The average molecular weight is 230 g/mol. The van der Waals surface area contributed by atoms with Crippen molar-refractivity contribution in [1.82, 2.24) is 26.4 Å². The number of piperazine rings is 1. The summed E-state index contributed by atoms with van der Waals surface area (Å²) in [5, 5.41) is 12.3. The summed E-state index contributed by atoms with van der Waals surface area (Å²) in [4.78, 5) is 0. The Balaban J connectivity index is 1.95. The summed E-state index contributed by atoms with van der Waals surface area (Å²) >= 11 is 0. The van der Waals surface area contributed by atoms with Crippen LogP contribution >= 0.6 is 0 Å². The molecular formula is C10H26N6. The van der Waals surface area contributed by atoms with E-state index in [-0.39, 0.29) is 0 Å². The molecule has 0 radical (unpaired) electrons. The lowest BCUT2D eigenvalue weighted by Gasteiger charge is -2.31. The fraction of sp³-hybridized carbons (Fsp3) is 1.00. The molecule has 1 heterocycles. The van der Waals surface area contributed by atoms with Gasteiger partial charge in [0.2, 0.25) is 0 Å². The van der Waals surface area contributed by atoms with Gasteiger partial charge in [0.1, 0.15) is 0 Å². The van der Waals surface area contributed by atoms with Gasteiger partial charge in [-0.05, 0) is 6.92 Å². The molecule has 1 atom stereocenters. The molecule has 1 aliphatic heterocycles. The Morgan fingerprint density at radius 1 is 1.25 bits per heavy atom. The number of nitrogens with two attached hydrogens (primary N) is 1. The lowest BCUT2D eigenvalue weighted by molar-refractivity contribution is 0.131. The topological polar surface area (TPSA) is 77.4 Å². The number of hydrogen-bond acceptors (Lipinski definition) is 6. The van der Waals surface area contributed by atoms with Gasteiger partial charge in [-0.15, -0.1) is 0 Å². The minimum Gasteiger partial charge on any atom is -0.329 e. The van der Waals surface area contributed by atoms with Gasteiger partial charge in [-0.2, -0.15) is 0 Å². The second kappa shape index (κ2) is 8.86. The second-order valence-corrected chi connectivity index (χ2v) is 4.08. The predicted molar refractivity (Wildman–Crippen MR) is 67.0 cm³/mol. The van der Waals surface area contributed by atoms with Gasteiger partial charge in [-0.3, -0.25) is 5.32 Å². The first-order valence-electron chi connectivity index (χ1n) is 6.19. The number of hydrogen-bond donors (Lipinski definition) is 5. The average Bonchev–Trinajstić information content (AvgIpc) is 2.30. The fourth-order valence-corrected chi connectivity index (χ4v) is 1.72. The van der Waals surface area contributed by atoms with Crippen molar-refractivity contribution in [3.05, 3.63) is 0 Å². The first-order valence-corrected chi connectivity index (χ1v) is 6.19. The van der Waals surface area contributed by atoms with Crippen LogP contribution < -0.4 is 27.1 Å². The smallest absolute Gasteiger partial charge is 0.0678 e. The van der Waals surface area contributed by atoms with Crippen molar-refractivity contribution in [1.29, 1.82) is 0 Å². The maximum absolute atomic E-state index is 5.39. The Morgan fingerprint density at radius 2 is 2.00 bits per heavy atom. The van der Waals surface area contributed by atoms with E-state index in [0.29, 0.717) is 12.7 Å². The van der Waals surface area contributed by atoms with E-state index in [2.05, 4.69) is 33.3 Å². The first kappa shape index (κ1) is 13.8. The molecule has 0 bridgehead atoms. The summed E-state index contributed by atoms with van der Waals surface area (Å²) in [5.41, 5.74) is 8.83. The molecule has 0 aromatic heterocycles. The Hall–Kier alpha value is -0.240. The Bertz CT molecular complexity index is 159. The van der Waals surface area contributed by atoms with E-state index in [0.717, 1.165) is 45.8 Å². The molecule has 6 N–H and O–H groups in total. The van der Waals surface area contributed by atoms with Crippen LogP contribution in [0, 0.1) is 0 Å². The van der Waals surface area contributed by atoms with Crippen LogP contribution in [0.4, 0.5) is 0 Å². The van der Waals surface area contributed by atoms with Crippen LogP contribution in [0.3, 0.4) is 0 Å². The molecular weight excluding hydrogens is 204 g/mol. The zero-order valence-electron chi connectivity index (χ0n) is 10.3. The van der Waals surface area contributed by atoms with E-state index in [4.69, 9.17) is 5.73 Å². The number of rotatable bonds is 8. The molecule has 0 aromatic rings. The van der Waals surface area contributed by atoms with Gasteiger partial charge in [0, 0.05) is 52.4 Å². The van der Waals surface area contributed by atoms with Crippen molar-refractivity contribution >= 4 is 0 Å². The van der Waals surface area contributed by atoms with Gasteiger partial charge in [-0.1, -0.05) is 0 Å². The minimum atomic E-state index is 0.317. The van der Waals surface area contributed by atoms with Gasteiger partial charge < -0.3 is 16.4 Å². The van der Waals surface area contributed by atoms with Crippen molar-refractivity contribution in [2.75, 3.05) is 52.4 Å². The molecule has 0 amide bonds. The highest BCUT2D eigenvalue weighted by Gasteiger charge is 2.10. The summed E-state index contributed by atoms with van der Waals surface area (Å²) in [6.07, 6.45) is 0.317. The predicted octanol–water partition coefficient (Wildman–Crippen LogP) is -2.12. The molecule has 0 saturated carbocycles. The number of nitrogens with one attached hydrogen (secondary N) is 4. The van der Waals surface area contributed by atoms with Gasteiger partial charge in [0.15, 0.2) is 0 Å². The van der Waals surface area contributed by atoms with E-state index in [1.807, 2.05) is 0 Å². The van der Waals surface area contributed by atoms with E-state index in [1.54, 1.807) is 0 Å². The zero-order valence-corrected chi connectivity index (χ0v) is 10.3. The van der Waals surface area contributed by atoms with Gasteiger partial charge >= 0.3 is 0 Å². The molecule has 96 valence electrons. The van der Waals surface area contributed by atoms with Crippen molar-refractivity contribution in [3.8, 4) is 0 Å². The van der Waals surface area contributed by atoms with E-state index in [1.165, 1.54) is 0 Å². The lowest BCUT2D eigenvalue weighted by atomic mass is 10.4. The molecule has 1 rings (SSSR count). The van der Waals surface area contributed by atoms with Crippen LogP contribution in [0.25, 0.3) is 0 Å². The molecule has 6 nitrogen and oxygen atoms in total. The molecule has 1 fully saturated rings. The third-order valence-electron chi connectivity index (χ3n) is 2.57. The van der Waals surface area contributed by atoms with Crippen LogP contribution in [0.2, 0.25) is 0 Å². The molecule has 0 spiro atoms. The Morgan fingerprint density at radius 3 is 2.69 bits per heavy atom. The Kier molecular flexibility index (Phi) is 7.65. The highest BCUT2D eigenvalue weighted by molar-refractivity contribution is 4.66. The molecule has 6 heteroatoms. The number of nitrogens with zero attached hydrogens (tertiary/aromatic N) is 1. The molecule has 1 saturated heterocycles. The van der Waals surface area contributed by atoms with Crippen LogP contribution in [0.1, 0.15) is 6.92 Å². The minimum absolute atomic E-state index is 0.317. The summed E-state index contributed by atoms with van der Waals surface area (Å²) in [5.74, 6) is 0. The fourth-order valence-electron chi connectivity index (χ4n) is 1.72. The monoisotopic (exact) mass is 230 g/mol. The summed E-state index contributed by atoms with van der Waals surface area (Å²) in [6, 6.07) is 0. The number of hydrazine groups is 1. The third-order valence-corrected chi connectivity index (χ3v) is 2.57. The maximum atomic E-state index is 5.39. The van der Waals surface area contributed by atoms with Gasteiger partial charge in [0.25, 0.3) is 0 Å². The van der Waals surface area contributed by atoms with E-state index < -0.39 is 0 Å². The molecule has 1 aliphatic rings. The zero-order chi connectivity index (χ0) is 11.6. The van der Waals surface area contributed by atoms with E-state index in [9.17, 15) is 0 Å². The molecule has 0 aliphatic carbocycles. The van der Waals surface area contributed by atoms with Crippen molar-refractivity contribution in [2.45, 2.75) is 13.1 Å². The van der Waals surface area contributed by atoms with Crippen LogP contribution in [-0.2, 0) is 0 Å². The van der Waals surface area contributed by atoms with Gasteiger partial charge in [-0.25, -0.2) is 10.4 Å².